The van der Waals surface area contributed by atoms with Crippen molar-refractivity contribution >= 4 is 12.0 Å². The van der Waals surface area contributed by atoms with Crippen molar-refractivity contribution in [2.75, 3.05) is 13.7 Å². The highest BCUT2D eigenvalue weighted by molar-refractivity contribution is 5.87. The van der Waals surface area contributed by atoms with E-state index in [1.165, 1.54) is 25.3 Å². The maximum absolute atomic E-state index is 11.7. The first-order valence-electron chi connectivity index (χ1n) is 7.09. The standard InChI is InChI=1S/C18H18O5/c1-22-17-12-15(19)8-6-14(17)7-9-18(21)23-11-10-13-4-2-3-5-16(13)20/h2-9,12,19-20H,10-11H2,1H3/b9-7+. The lowest BCUT2D eigenvalue weighted by Crippen LogP contribution is -2.04. The quantitative estimate of drug-likeness (QED) is 0.633. The van der Waals surface area contributed by atoms with Crippen LogP contribution < -0.4 is 4.74 Å². The van der Waals surface area contributed by atoms with Crippen LogP contribution in [0.2, 0.25) is 0 Å². The molecular weight excluding hydrogens is 296 g/mol. The zero-order chi connectivity index (χ0) is 16.7. The number of phenolic OH excluding ortho intramolecular Hbond substituents is 2. The van der Waals surface area contributed by atoms with Crippen LogP contribution in [0.15, 0.2) is 48.5 Å². The highest BCUT2D eigenvalue weighted by Crippen LogP contribution is 2.24. The molecule has 0 aromatic heterocycles. The second-order valence-corrected chi connectivity index (χ2v) is 4.81. The third-order valence-electron chi connectivity index (χ3n) is 3.22. The van der Waals surface area contributed by atoms with E-state index in [1.807, 2.05) is 6.07 Å². The van der Waals surface area contributed by atoms with Crippen LogP contribution >= 0.6 is 0 Å². The van der Waals surface area contributed by atoms with Gasteiger partial charge in [-0.1, -0.05) is 18.2 Å². The summed E-state index contributed by atoms with van der Waals surface area (Å²) in [6, 6.07) is 11.5. The Bertz CT molecular complexity index is 706. The molecule has 2 N–H and O–H groups in total. The molecule has 0 bridgehead atoms. The number of rotatable bonds is 6. The van der Waals surface area contributed by atoms with Gasteiger partial charge in [0, 0.05) is 24.1 Å². The van der Waals surface area contributed by atoms with Crippen molar-refractivity contribution in [1.29, 1.82) is 0 Å². The summed E-state index contributed by atoms with van der Waals surface area (Å²) < 4.78 is 10.2. The number of phenols is 2. The maximum atomic E-state index is 11.7. The van der Waals surface area contributed by atoms with Crippen LogP contribution in [-0.4, -0.2) is 29.9 Å². The smallest absolute Gasteiger partial charge is 0.330 e. The molecule has 2 rings (SSSR count). The van der Waals surface area contributed by atoms with Gasteiger partial charge in [0.1, 0.15) is 17.2 Å². The number of ether oxygens (including phenoxy) is 2. The van der Waals surface area contributed by atoms with E-state index in [2.05, 4.69) is 0 Å². The number of para-hydroxylation sites is 1. The van der Waals surface area contributed by atoms with E-state index in [9.17, 15) is 15.0 Å². The highest BCUT2D eigenvalue weighted by Gasteiger charge is 2.04. The molecule has 0 saturated heterocycles. The summed E-state index contributed by atoms with van der Waals surface area (Å²) in [5.74, 6) is 0.246. The van der Waals surface area contributed by atoms with Crippen LogP contribution in [0.4, 0.5) is 0 Å². The largest absolute Gasteiger partial charge is 0.508 e. The predicted octanol–water partition coefficient (Wildman–Crippen LogP) is 2.91. The molecule has 0 spiro atoms. The first-order chi connectivity index (χ1) is 11.1. The third-order valence-corrected chi connectivity index (χ3v) is 3.22. The Hall–Kier alpha value is -2.95. The SMILES string of the molecule is COc1cc(O)ccc1/C=C/C(=O)OCCc1ccccc1O. The van der Waals surface area contributed by atoms with Gasteiger partial charge in [-0.3, -0.25) is 0 Å². The summed E-state index contributed by atoms with van der Waals surface area (Å²) in [6.45, 7) is 0.174. The fourth-order valence-electron chi connectivity index (χ4n) is 2.03. The van der Waals surface area contributed by atoms with Crippen LogP contribution in [0.1, 0.15) is 11.1 Å². The number of methoxy groups -OCH3 is 1. The number of esters is 1. The fraction of sp³-hybridized carbons (Fsp3) is 0.167. The van der Waals surface area contributed by atoms with Crippen LogP contribution in [-0.2, 0) is 16.0 Å². The molecule has 0 aliphatic rings. The molecule has 0 amide bonds. The van der Waals surface area contributed by atoms with Crippen molar-refractivity contribution in [2.45, 2.75) is 6.42 Å². The molecule has 2 aromatic rings. The normalized spacial score (nSPS) is 10.7. The number of benzene rings is 2. The van der Waals surface area contributed by atoms with Gasteiger partial charge in [-0.05, 0) is 29.8 Å². The molecule has 5 nitrogen and oxygen atoms in total. The van der Waals surface area contributed by atoms with E-state index < -0.39 is 5.97 Å². The van der Waals surface area contributed by atoms with Crippen molar-refractivity contribution in [3.05, 3.63) is 59.7 Å². The Morgan fingerprint density at radius 1 is 1.17 bits per heavy atom. The highest BCUT2D eigenvalue weighted by atomic mass is 16.5. The minimum absolute atomic E-state index is 0.0873. The first-order valence-corrected chi connectivity index (χ1v) is 7.09. The van der Waals surface area contributed by atoms with Crippen molar-refractivity contribution in [3.63, 3.8) is 0 Å². The Kier molecular flexibility index (Phi) is 5.63. The molecule has 0 unspecified atom stereocenters. The summed E-state index contributed by atoms with van der Waals surface area (Å²) in [7, 11) is 1.48. The zero-order valence-corrected chi connectivity index (χ0v) is 12.7. The lowest BCUT2D eigenvalue weighted by molar-refractivity contribution is -0.137. The Balaban J connectivity index is 1.89. The van der Waals surface area contributed by atoms with E-state index in [0.717, 1.165) is 5.56 Å². The maximum Gasteiger partial charge on any atom is 0.330 e. The number of hydrogen-bond donors (Lipinski definition) is 2. The molecule has 120 valence electrons. The lowest BCUT2D eigenvalue weighted by Gasteiger charge is -2.06. The van der Waals surface area contributed by atoms with Crippen molar-refractivity contribution in [1.82, 2.24) is 0 Å². The minimum atomic E-state index is -0.490. The molecular formula is C18H18O5. The van der Waals surface area contributed by atoms with E-state index >= 15 is 0 Å². The predicted molar refractivity (Wildman–Crippen MR) is 86.5 cm³/mol. The van der Waals surface area contributed by atoms with Crippen LogP contribution in [0.5, 0.6) is 17.2 Å². The van der Waals surface area contributed by atoms with Crippen molar-refractivity contribution < 1.29 is 24.5 Å². The first kappa shape index (κ1) is 16.4. The van der Waals surface area contributed by atoms with Crippen LogP contribution in [0, 0.1) is 0 Å². The van der Waals surface area contributed by atoms with Crippen LogP contribution in [0.25, 0.3) is 6.08 Å². The molecule has 0 aliphatic heterocycles. The van der Waals surface area contributed by atoms with Crippen molar-refractivity contribution in [3.8, 4) is 17.2 Å². The monoisotopic (exact) mass is 314 g/mol. The average Bonchev–Trinajstić information content (AvgIpc) is 2.55. The number of carbonyl (C=O) groups excluding carboxylic acids is 1. The van der Waals surface area contributed by atoms with Crippen LogP contribution in [0.3, 0.4) is 0 Å². The molecule has 0 heterocycles. The molecule has 2 aromatic carbocycles. The third kappa shape index (κ3) is 4.78. The Morgan fingerprint density at radius 3 is 2.70 bits per heavy atom. The molecule has 0 fully saturated rings. The van der Waals surface area contributed by atoms with Gasteiger partial charge >= 0.3 is 5.97 Å². The van der Waals surface area contributed by atoms with E-state index in [4.69, 9.17) is 9.47 Å². The Labute approximate surface area is 134 Å². The van der Waals surface area contributed by atoms with E-state index in [0.29, 0.717) is 17.7 Å². The van der Waals surface area contributed by atoms with Gasteiger partial charge in [0.05, 0.1) is 13.7 Å². The summed E-state index contributed by atoms with van der Waals surface area (Å²) >= 11 is 0. The summed E-state index contributed by atoms with van der Waals surface area (Å²) in [6.07, 6.45) is 3.29. The molecule has 0 atom stereocenters. The zero-order valence-electron chi connectivity index (χ0n) is 12.7. The van der Waals surface area contributed by atoms with E-state index in [-0.39, 0.29) is 18.1 Å². The second kappa shape index (κ2) is 7.89. The summed E-state index contributed by atoms with van der Waals surface area (Å²) in [4.78, 5) is 11.7. The number of hydrogen-bond acceptors (Lipinski definition) is 5. The van der Waals surface area contributed by atoms with Gasteiger partial charge in [-0.15, -0.1) is 0 Å². The molecule has 0 radical (unpaired) electrons. The second-order valence-electron chi connectivity index (χ2n) is 4.81. The molecule has 0 saturated carbocycles. The summed E-state index contributed by atoms with van der Waals surface area (Å²) in [5, 5.41) is 19.0. The molecule has 5 heteroatoms. The van der Waals surface area contributed by atoms with Gasteiger partial charge in [0.25, 0.3) is 0 Å². The van der Waals surface area contributed by atoms with E-state index in [1.54, 1.807) is 30.3 Å². The van der Waals surface area contributed by atoms with Crippen molar-refractivity contribution in [2.24, 2.45) is 0 Å². The van der Waals surface area contributed by atoms with Gasteiger partial charge in [-0.25, -0.2) is 4.79 Å². The topological polar surface area (TPSA) is 76.0 Å². The van der Waals surface area contributed by atoms with Gasteiger partial charge in [0.15, 0.2) is 0 Å². The molecule has 23 heavy (non-hydrogen) atoms. The number of carbonyl (C=O) groups is 1. The van der Waals surface area contributed by atoms with Gasteiger partial charge in [-0.2, -0.15) is 0 Å². The van der Waals surface area contributed by atoms with Gasteiger partial charge in [0.2, 0.25) is 0 Å². The number of aromatic hydroxyl groups is 2. The minimum Gasteiger partial charge on any atom is -0.508 e. The Morgan fingerprint density at radius 2 is 1.96 bits per heavy atom. The van der Waals surface area contributed by atoms with Gasteiger partial charge < -0.3 is 19.7 Å². The fourth-order valence-corrected chi connectivity index (χ4v) is 2.03. The molecule has 0 aliphatic carbocycles. The average molecular weight is 314 g/mol. The lowest BCUT2D eigenvalue weighted by atomic mass is 10.1. The summed E-state index contributed by atoms with van der Waals surface area (Å²) in [5.41, 5.74) is 1.38.